The molecular formula is C12H12NO5P. The van der Waals surface area contributed by atoms with Gasteiger partial charge in [0.2, 0.25) is 5.91 Å². The topological polar surface area (TPSA) is 80.8 Å². The molecule has 0 radical (unpaired) electrons. The molecule has 1 aliphatic rings. The van der Waals surface area contributed by atoms with Crippen LogP contribution in [0.5, 0.6) is 0 Å². The van der Waals surface area contributed by atoms with E-state index in [0.29, 0.717) is 6.42 Å². The van der Waals surface area contributed by atoms with Gasteiger partial charge in [0.15, 0.2) is 0 Å². The number of carbonyl (C=O) groups excluding carboxylic acids is 2. The van der Waals surface area contributed by atoms with E-state index in [4.69, 9.17) is 4.74 Å². The summed E-state index contributed by atoms with van der Waals surface area (Å²) >= 11 is 0. The summed E-state index contributed by atoms with van der Waals surface area (Å²) in [6.45, 7) is 0.0924. The summed E-state index contributed by atoms with van der Waals surface area (Å²) in [4.78, 5) is 24.1. The molecule has 2 amide bonds. The molecule has 0 saturated carbocycles. The van der Waals surface area contributed by atoms with Crippen molar-refractivity contribution in [1.29, 1.82) is 0 Å². The van der Waals surface area contributed by atoms with Gasteiger partial charge in [0.1, 0.15) is 12.8 Å². The first kappa shape index (κ1) is 13.5. The van der Waals surface area contributed by atoms with Crippen molar-refractivity contribution in [3.05, 3.63) is 35.9 Å². The minimum Gasteiger partial charge on any atom is -0.447 e. The number of ether oxygens (including phenoxy) is 1. The van der Waals surface area contributed by atoms with Gasteiger partial charge in [-0.3, -0.25) is 4.79 Å². The summed E-state index contributed by atoms with van der Waals surface area (Å²) in [5.74, 6) is -0.737. The molecule has 100 valence electrons. The molecule has 19 heavy (non-hydrogen) atoms. The molecule has 1 aromatic rings. The molecular weight excluding hydrogens is 269 g/mol. The molecule has 1 saturated heterocycles. The molecule has 0 spiro atoms. The number of carbonyl (C=O) groups is 2. The quantitative estimate of drug-likeness (QED) is 0.785. The Labute approximate surface area is 110 Å². The van der Waals surface area contributed by atoms with Crippen molar-refractivity contribution in [3.8, 4) is 0 Å². The first-order valence-electron chi connectivity index (χ1n) is 5.72. The van der Waals surface area contributed by atoms with Crippen LogP contribution in [0.15, 0.2) is 30.3 Å². The van der Waals surface area contributed by atoms with Crippen molar-refractivity contribution < 1.29 is 23.5 Å². The van der Waals surface area contributed by atoms with Crippen LogP contribution in [0.1, 0.15) is 5.56 Å². The minimum atomic E-state index is -2.85. The Bertz CT molecular complexity index is 546. The summed E-state index contributed by atoms with van der Waals surface area (Å²) in [7, 11) is -2.85. The zero-order chi connectivity index (χ0) is 13.8. The third-order valence-corrected chi connectivity index (χ3v) is 3.34. The molecule has 0 bridgehead atoms. The molecule has 1 atom stereocenters. The zero-order valence-corrected chi connectivity index (χ0v) is 10.9. The van der Waals surface area contributed by atoms with Crippen molar-refractivity contribution in [2.75, 3.05) is 12.8 Å². The number of nitrogens with zero attached hydrogens (tertiary/aromatic N) is 1. The van der Waals surface area contributed by atoms with Crippen LogP contribution >= 0.6 is 7.68 Å². The summed E-state index contributed by atoms with van der Waals surface area (Å²) in [5.41, 5.74) is 0.954. The highest BCUT2D eigenvalue weighted by atomic mass is 31.1. The van der Waals surface area contributed by atoms with Crippen molar-refractivity contribution in [2.24, 2.45) is 0 Å². The fraction of sp³-hybridized carbons (Fsp3) is 0.333. The van der Waals surface area contributed by atoms with E-state index in [0.717, 1.165) is 10.5 Å². The van der Waals surface area contributed by atoms with Gasteiger partial charge in [0.25, 0.3) is 0 Å². The van der Waals surface area contributed by atoms with E-state index < -0.39 is 31.9 Å². The van der Waals surface area contributed by atoms with Crippen molar-refractivity contribution in [3.63, 3.8) is 0 Å². The van der Waals surface area contributed by atoms with E-state index >= 15 is 0 Å². The van der Waals surface area contributed by atoms with E-state index in [-0.39, 0.29) is 6.61 Å². The Kier molecular flexibility index (Phi) is 4.12. The van der Waals surface area contributed by atoms with E-state index in [2.05, 4.69) is 0 Å². The fourth-order valence-electron chi connectivity index (χ4n) is 1.99. The molecule has 0 N–H and O–H groups in total. The summed E-state index contributed by atoms with van der Waals surface area (Å²) in [5, 5.41) is 0. The zero-order valence-electron chi connectivity index (χ0n) is 10.0. The van der Waals surface area contributed by atoms with Gasteiger partial charge < -0.3 is 4.74 Å². The predicted octanol–water partition coefficient (Wildman–Crippen LogP) is 1.75. The summed E-state index contributed by atoms with van der Waals surface area (Å²) in [6, 6.07) is 8.88. The Morgan fingerprint density at radius 3 is 2.63 bits per heavy atom. The largest absolute Gasteiger partial charge is 0.447 e. The highest BCUT2D eigenvalue weighted by molar-refractivity contribution is 7.32. The summed E-state index contributed by atoms with van der Waals surface area (Å²) in [6.07, 6.45) is -0.994. The number of hydrogen-bond donors (Lipinski definition) is 0. The van der Waals surface area contributed by atoms with Gasteiger partial charge in [0, 0.05) is 0 Å². The van der Waals surface area contributed by atoms with Crippen LogP contribution in [-0.4, -0.2) is 35.7 Å². The van der Waals surface area contributed by atoms with Gasteiger partial charge in [-0.2, -0.15) is 0 Å². The molecule has 1 aliphatic heterocycles. The molecule has 2 rings (SSSR count). The smallest absolute Gasteiger partial charge is 0.417 e. The van der Waals surface area contributed by atoms with E-state index in [1.54, 1.807) is 0 Å². The van der Waals surface area contributed by atoms with Crippen molar-refractivity contribution in [1.82, 2.24) is 4.90 Å². The molecule has 1 heterocycles. The number of rotatable bonds is 4. The third kappa shape index (κ3) is 3.29. The molecule has 0 aromatic heterocycles. The number of hydrogen-bond acceptors (Lipinski definition) is 5. The fourth-order valence-corrected chi connectivity index (χ4v) is 2.36. The number of amides is 2. The lowest BCUT2D eigenvalue weighted by molar-refractivity contribution is -0.126. The van der Waals surface area contributed by atoms with Gasteiger partial charge in [-0.05, 0) is 12.0 Å². The maximum absolute atomic E-state index is 11.7. The monoisotopic (exact) mass is 281 g/mol. The van der Waals surface area contributed by atoms with Crippen LogP contribution in [0.2, 0.25) is 0 Å². The van der Waals surface area contributed by atoms with Crippen LogP contribution in [0.4, 0.5) is 4.79 Å². The molecule has 1 fully saturated rings. The van der Waals surface area contributed by atoms with E-state index in [9.17, 15) is 18.7 Å². The first-order valence-corrected chi connectivity index (χ1v) is 7.08. The predicted molar refractivity (Wildman–Crippen MR) is 65.3 cm³/mol. The average Bonchev–Trinajstić information content (AvgIpc) is 2.71. The third-order valence-electron chi connectivity index (χ3n) is 2.81. The van der Waals surface area contributed by atoms with Crippen LogP contribution in [0.25, 0.3) is 0 Å². The van der Waals surface area contributed by atoms with Crippen LogP contribution in [-0.2, 0) is 25.1 Å². The highest BCUT2D eigenvalue weighted by Crippen LogP contribution is 2.19. The maximum Gasteiger partial charge on any atom is 0.417 e. The first-order chi connectivity index (χ1) is 9.08. The molecule has 7 heteroatoms. The lowest BCUT2D eigenvalue weighted by atomic mass is 10.1. The SMILES string of the molecule is O=C(CP(=O)=O)N1C(=O)OC[C@H]1Cc1ccccc1. The van der Waals surface area contributed by atoms with Gasteiger partial charge in [-0.25, -0.2) is 18.8 Å². The van der Waals surface area contributed by atoms with E-state index in [1.807, 2.05) is 30.3 Å². The van der Waals surface area contributed by atoms with Gasteiger partial charge in [0.05, 0.1) is 6.04 Å². The second-order valence-electron chi connectivity index (χ2n) is 4.18. The number of benzene rings is 1. The lowest BCUT2D eigenvalue weighted by Gasteiger charge is -2.18. The number of cyclic esters (lactones) is 1. The van der Waals surface area contributed by atoms with Crippen LogP contribution in [0, 0.1) is 0 Å². The maximum atomic E-state index is 11.7. The Balaban J connectivity index is 2.11. The molecule has 0 aliphatic carbocycles. The van der Waals surface area contributed by atoms with Gasteiger partial charge in [-0.15, -0.1) is 0 Å². The molecule has 6 nitrogen and oxygen atoms in total. The molecule has 0 unspecified atom stereocenters. The van der Waals surface area contributed by atoms with Crippen LogP contribution in [0.3, 0.4) is 0 Å². The van der Waals surface area contributed by atoms with Crippen LogP contribution < -0.4 is 0 Å². The van der Waals surface area contributed by atoms with Gasteiger partial charge >= 0.3 is 13.8 Å². The number of imide groups is 1. The Morgan fingerprint density at radius 1 is 1.32 bits per heavy atom. The average molecular weight is 281 g/mol. The highest BCUT2D eigenvalue weighted by Gasteiger charge is 2.38. The van der Waals surface area contributed by atoms with Crippen molar-refractivity contribution >= 4 is 19.7 Å². The molecule has 1 aromatic carbocycles. The van der Waals surface area contributed by atoms with Gasteiger partial charge in [-0.1, -0.05) is 30.3 Å². The summed E-state index contributed by atoms with van der Waals surface area (Å²) < 4.78 is 26.0. The Hall–Kier alpha value is -1.94. The lowest BCUT2D eigenvalue weighted by Crippen LogP contribution is -2.41. The second-order valence-corrected chi connectivity index (χ2v) is 5.16. The second kappa shape index (κ2) is 5.80. The van der Waals surface area contributed by atoms with E-state index in [1.165, 1.54) is 0 Å². The normalized spacial score (nSPS) is 18.2. The Morgan fingerprint density at radius 2 is 2.00 bits per heavy atom. The van der Waals surface area contributed by atoms with Crippen molar-refractivity contribution in [2.45, 2.75) is 12.5 Å². The minimum absolute atomic E-state index is 0.0924. The standard InChI is InChI=1S/C12H12NO5P/c14-11(8-19(16)17)13-10(7-18-12(13)15)6-9-4-2-1-3-5-9/h1-5,10H,6-8H2/t10-/m1/s1.